The molecule has 0 amide bonds. The second kappa shape index (κ2) is 16.2. The van der Waals surface area contributed by atoms with Crippen LogP contribution in [0.3, 0.4) is 0 Å². The van der Waals surface area contributed by atoms with E-state index in [2.05, 4.69) is 264 Å². The van der Waals surface area contributed by atoms with Crippen LogP contribution in [-0.2, 0) is 0 Å². The van der Waals surface area contributed by atoms with Gasteiger partial charge in [0.2, 0.25) is 0 Å². The van der Waals surface area contributed by atoms with Gasteiger partial charge in [-0.05, 0) is 123 Å². The molecular weight excluding hydrogens is 829 g/mol. The lowest BCUT2D eigenvalue weighted by molar-refractivity contribution is 1.19. The highest BCUT2D eigenvalue weighted by atomic mass is 32.1. The summed E-state index contributed by atoms with van der Waals surface area (Å²) in [6.45, 7) is 0. The van der Waals surface area contributed by atoms with Gasteiger partial charge in [0.15, 0.2) is 0 Å². The molecule has 2 heterocycles. The van der Waals surface area contributed by atoms with Gasteiger partial charge in [-0.3, -0.25) is 0 Å². The minimum Gasteiger partial charge on any atom is -0.310 e. The summed E-state index contributed by atoms with van der Waals surface area (Å²) in [6, 6.07) is 93.2. The lowest BCUT2D eigenvalue weighted by Gasteiger charge is -2.27. The van der Waals surface area contributed by atoms with Crippen molar-refractivity contribution in [3.63, 3.8) is 0 Å². The first-order valence-corrected chi connectivity index (χ1v) is 23.7. The van der Waals surface area contributed by atoms with E-state index in [9.17, 15) is 0 Å². The summed E-state index contributed by atoms with van der Waals surface area (Å²) in [5, 5.41) is 7.62. The Morgan fingerprint density at radius 1 is 0.299 bits per heavy atom. The fraction of sp³-hybridized carbons (Fsp3) is 0. The highest BCUT2D eigenvalue weighted by molar-refractivity contribution is 7.25. The van der Waals surface area contributed by atoms with Crippen molar-refractivity contribution in [3.05, 3.63) is 255 Å². The molecule has 0 spiro atoms. The molecule has 0 fully saturated rings. The molecule has 0 radical (unpaired) electrons. The third kappa shape index (κ3) is 6.79. The van der Waals surface area contributed by atoms with Gasteiger partial charge in [0.05, 0.1) is 11.0 Å². The Labute approximate surface area is 393 Å². The van der Waals surface area contributed by atoms with Crippen LogP contribution in [0.1, 0.15) is 0 Å². The zero-order valence-electron chi connectivity index (χ0n) is 36.6. The Bertz CT molecular complexity index is 3940. The van der Waals surface area contributed by atoms with E-state index in [1.54, 1.807) is 0 Å². The van der Waals surface area contributed by atoms with Gasteiger partial charge in [-0.25, -0.2) is 0 Å². The maximum Gasteiger partial charge on any atom is 0.0619 e. The highest BCUT2D eigenvalue weighted by Gasteiger charge is 2.19. The quantitative estimate of drug-likeness (QED) is 0.148. The van der Waals surface area contributed by atoms with Crippen LogP contribution < -0.4 is 4.90 Å². The van der Waals surface area contributed by atoms with E-state index in [0.717, 1.165) is 28.3 Å². The minimum absolute atomic E-state index is 1.08. The number of nitrogens with zero attached hydrogens (tertiary/aromatic N) is 2. The summed E-state index contributed by atoms with van der Waals surface area (Å²) in [6.07, 6.45) is 0. The van der Waals surface area contributed by atoms with E-state index in [1.807, 2.05) is 11.3 Å². The molecule has 0 saturated heterocycles. The van der Waals surface area contributed by atoms with Crippen molar-refractivity contribution in [2.75, 3.05) is 4.90 Å². The van der Waals surface area contributed by atoms with Crippen LogP contribution in [0, 0.1) is 0 Å². The second-order valence-corrected chi connectivity index (χ2v) is 18.4. The Morgan fingerprint density at radius 2 is 0.836 bits per heavy atom. The smallest absolute Gasteiger partial charge is 0.0619 e. The lowest BCUT2D eigenvalue weighted by Crippen LogP contribution is -2.10. The normalized spacial score (nSPS) is 11.6. The molecule has 0 aliphatic rings. The molecule has 3 heteroatoms. The number of fused-ring (bicyclic) bond motifs is 8. The Morgan fingerprint density at radius 3 is 1.55 bits per heavy atom. The van der Waals surface area contributed by atoms with Crippen LogP contribution in [0.2, 0.25) is 0 Å². The molecule has 67 heavy (non-hydrogen) atoms. The second-order valence-electron chi connectivity index (χ2n) is 17.3. The number of thiophene rings is 1. The Kier molecular flexibility index (Phi) is 9.40. The Hall–Kier alpha value is -8.50. The van der Waals surface area contributed by atoms with Crippen molar-refractivity contribution in [2.24, 2.45) is 0 Å². The van der Waals surface area contributed by atoms with Crippen LogP contribution in [-0.4, -0.2) is 4.57 Å². The van der Waals surface area contributed by atoms with Crippen molar-refractivity contribution >= 4 is 81.1 Å². The van der Waals surface area contributed by atoms with E-state index in [0.29, 0.717) is 0 Å². The van der Waals surface area contributed by atoms with Gasteiger partial charge in [-0.15, -0.1) is 11.3 Å². The number of hydrogen-bond acceptors (Lipinski definition) is 2. The number of para-hydroxylation sites is 1. The SMILES string of the molecule is c1ccc(-c2ccc(N(c3ccc(-c4ccc5sc6ccccc6c5c4)cc3)c3ccc(-c4ccc5c6ccc7ccccc7c6n(-c6ccccc6)c5c4)cc3)cc2-c2ccccc2)cc1. The largest absolute Gasteiger partial charge is 0.310 e. The van der Waals surface area contributed by atoms with Crippen molar-refractivity contribution in [3.8, 4) is 50.2 Å². The first kappa shape index (κ1) is 38.9. The predicted octanol–water partition coefficient (Wildman–Crippen LogP) is 18.4. The first-order valence-electron chi connectivity index (χ1n) is 22.9. The number of anilines is 3. The Balaban J connectivity index is 0.939. The van der Waals surface area contributed by atoms with Crippen LogP contribution >= 0.6 is 11.3 Å². The van der Waals surface area contributed by atoms with Crippen molar-refractivity contribution in [1.29, 1.82) is 0 Å². The van der Waals surface area contributed by atoms with Crippen molar-refractivity contribution in [1.82, 2.24) is 4.57 Å². The van der Waals surface area contributed by atoms with Crippen LogP contribution in [0.5, 0.6) is 0 Å². The van der Waals surface area contributed by atoms with Gasteiger partial charge in [0.25, 0.3) is 0 Å². The number of aromatic nitrogens is 1. The first-order chi connectivity index (χ1) is 33.2. The molecule has 0 aliphatic carbocycles. The molecule has 0 unspecified atom stereocenters. The summed E-state index contributed by atoms with van der Waals surface area (Å²) >= 11 is 1.86. The molecule has 314 valence electrons. The third-order valence-corrected chi connectivity index (χ3v) is 14.5. The summed E-state index contributed by atoms with van der Waals surface area (Å²) < 4.78 is 5.08. The van der Waals surface area contributed by atoms with E-state index in [-0.39, 0.29) is 0 Å². The number of rotatable bonds is 8. The zero-order chi connectivity index (χ0) is 44.3. The van der Waals surface area contributed by atoms with Gasteiger partial charge in [-0.1, -0.05) is 182 Å². The molecule has 0 N–H and O–H groups in total. The fourth-order valence-electron chi connectivity index (χ4n) is 10.2. The van der Waals surface area contributed by atoms with E-state index >= 15 is 0 Å². The monoisotopic (exact) mass is 870 g/mol. The van der Waals surface area contributed by atoms with E-state index < -0.39 is 0 Å². The summed E-state index contributed by atoms with van der Waals surface area (Å²) in [5.41, 5.74) is 16.4. The van der Waals surface area contributed by atoms with Crippen LogP contribution in [0.4, 0.5) is 17.1 Å². The molecular formula is C64H42N2S. The summed E-state index contributed by atoms with van der Waals surface area (Å²) in [5.74, 6) is 0. The van der Waals surface area contributed by atoms with Gasteiger partial charge < -0.3 is 9.47 Å². The zero-order valence-corrected chi connectivity index (χ0v) is 37.4. The van der Waals surface area contributed by atoms with Gasteiger partial charge >= 0.3 is 0 Å². The number of hydrogen-bond donors (Lipinski definition) is 0. The van der Waals surface area contributed by atoms with E-state index in [1.165, 1.54) is 91.7 Å². The molecule has 0 atom stereocenters. The number of benzene rings is 11. The van der Waals surface area contributed by atoms with Crippen LogP contribution in [0.15, 0.2) is 255 Å². The topological polar surface area (TPSA) is 8.17 Å². The molecule has 13 aromatic rings. The maximum absolute atomic E-state index is 2.44. The molecule has 0 saturated carbocycles. The van der Waals surface area contributed by atoms with Crippen molar-refractivity contribution in [2.45, 2.75) is 0 Å². The molecule has 13 rings (SSSR count). The lowest BCUT2D eigenvalue weighted by atomic mass is 9.93. The third-order valence-electron chi connectivity index (χ3n) is 13.4. The summed E-state index contributed by atoms with van der Waals surface area (Å²) in [4.78, 5) is 2.39. The highest BCUT2D eigenvalue weighted by Crippen LogP contribution is 2.44. The van der Waals surface area contributed by atoms with Crippen molar-refractivity contribution < 1.29 is 0 Å². The van der Waals surface area contributed by atoms with Gasteiger partial charge in [0, 0.05) is 59.1 Å². The standard InChI is InChI=1S/C64H42N2S/c1-4-14-45(15-5-1)54-38-35-53(42-59(54)46-16-6-2-7-17-46)65(51-31-24-43(25-32-51)48-30-39-63-60(40-48)57-22-12-13-23-62(57)67-63)52-33-26-44(27-34-52)49-29-36-56-58-37-28-47-18-10-11-21-55(47)64(58)66(61(56)41-49)50-19-8-3-9-20-50/h1-42H. The maximum atomic E-state index is 2.44. The average Bonchev–Trinajstić information content (AvgIpc) is 3.95. The van der Waals surface area contributed by atoms with Gasteiger partial charge in [-0.2, -0.15) is 0 Å². The minimum atomic E-state index is 1.08. The average molecular weight is 871 g/mol. The fourth-order valence-corrected chi connectivity index (χ4v) is 11.2. The van der Waals surface area contributed by atoms with Crippen LogP contribution in [0.25, 0.3) is 103 Å². The summed E-state index contributed by atoms with van der Waals surface area (Å²) in [7, 11) is 0. The molecule has 11 aromatic carbocycles. The van der Waals surface area contributed by atoms with E-state index in [4.69, 9.17) is 0 Å². The molecule has 0 bridgehead atoms. The molecule has 2 nitrogen and oxygen atoms in total. The molecule has 0 aliphatic heterocycles. The predicted molar refractivity (Wildman–Crippen MR) is 288 cm³/mol. The molecule has 2 aromatic heterocycles. The van der Waals surface area contributed by atoms with Gasteiger partial charge in [0.1, 0.15) is 0 Å².